The molecule has 142 valence electrons. The van der Waals surface area contributed by atoms with Crippen LogP contribution in [0.15, 0.2) is 22.5 Å². The minimum atomic E-state index is -0.702. The van der Waals surface area contributed by atoms with Crippen LogP contribution in [0.3, 0.4) is 0 Å². The molecule has 3 aliphatic carbocycles. The number of hydrogen-bond acceptors (Lipinski definition) is 6. The normalized spacial score (nSPS) is 40.4. The summed E-state index contributed by atoms with van der Waals surface area (Å²) in [6, 6.07) is 0. The standard InChI is InChI=1S/C20H26O6/c1-9-8-13(21)15-10(17(9)22)6-7-12(18(15)23)19-16-11(20(24)26-19)4-3-5-14(16)25-2/h9,11,14,16-17,19,22-23H,3-8H2,1-2H3. The molecule has 0 aromatic heterocycles. The van der Waals surface area contributed by atoms with Gasteiger partial charge in [0.2, 0.25) is 0 Å². The van der Waals surface area contributed by atoms with Crippen LogP contribution < -0.4 is 0 Å². The first kappa shape index (κ1) is 17.7. The number of fused-ring (bicyclic) bond motifs is 1. The smallest absolute Gasteiger partial charge is 0.310 e. The monoisotopic (exact) mass is 362 g/mol. The van der Waals surface area contributed by atoms with Crippen molar-refractivity contribution in [2.45, 2.75) is 63.8 Å². The molecular formula is C20H26O6. The number of Topliss-reactive ketones (excluding diaryl/α,β-unsaturated/α-hetero) is 1. The van der Waals surface area contributed by atoms with Crippen LogP contribution in [0.5, 0.6) is 0 Å². The van der Waals surface area contributed by atoms with Gasteiger partial charge in [-0.3, -0.25) is 9.59 Å². The molecule has 6 nitrogen and oxygen atoms in total. The van der Waals surface area contributed by atoms with Gasteiger partial charge in [-0.25, -0.2) is 0 Å². The van der Waals surface area contributed by atoms with Gasteiger partial charge in [-0.05, 0) is 43.6 Å². The van der Waals surface area contributed by atoms with E-state index in [2.05, 4.69) is 0 Å². The number of carbonyl (C=O) groups is 2. The summed E-state index contributed by atoms with van der Waals surface area (Å²) < 4.78 is 11.3. The number of methoxy groups -OCH3 is 1. The van der Waals surface area contributed by atoms with Gasteiger partial charge in [0.05, 0.1) is 23.7 Å². The number of esters is 1. The third-order valence-electron chi connectivity index (χ3n) is 6.65. The molecule has 6 heteroatoms. The van der Waals surface area contributed by atoms with Crippen LogP contribution >= 0.6 is 0 Å². The SMILES string of the molecule is COC1CCCC2C(=O)OC(C3=C(O)C4=C(CC3)C(O)C(C)CC4=O)C12. The Morgan fingerprint density at radius 1 is 1.15 bits per heavy atom. The van der Waals surface area contributed by atoms with E-state index >= 15 is 0 Å². The molecule has 4 rings (SSSR count). The van der Waals surface area contributed by atoms with Crippen molar-refractivity contribution in [1.82, 2.24) is 0 Å². The van der Waals surface area contributed by atoms with Gasteiger partial charge in [-0.1, -0.05) is 6.92 Å². The van der Waals surface area contributed by atoms with Crippen LogP contribution in [0, 0.1) is 17.8 Å². The summed E-state index contributed by atoms with van der Waals surface area (Å²) in [6.45, 7) is 1.84. The number of aliphatic hydroxyl groups excluding tert-OH is 2. The summed E-state index contributed by atoms with van der Waals surface area (Å²) >= 11 is 0. The molecule has 1 saturated heterocycles. The lowest BCUT2D eigenvalue weighted by Crippen LogP contribution is -2.40. The molecular weight excluding hydrogens is 336 g/mol. The number of ketones is 1. The highest BCUT2D eigenvalue weighted by molar-refractivity contribution is 6.01. The topological polar surface area (TPSA) is 93.1 Å². The van der Waals surface area contributed by atoms with Gasteiger partial charge in [0, 0.05) is 25.0 Å². The lowest BCUT2D eigenvalue weighted by Gasteiger charge is -2.37. The fraction of sp³-hybridized carbons (Fsp3) is 0.700. The van der Waals surface area contributed by atoms with Crippen molar-refractivity contribution < 1.29 is 29.3 Å². The van der Waals surface area contributed by atoms with Crippen LogP contribution in [0.1, 0.15) is 45.4 Å². The van der Waals surface area contributed by atoms with Gasteiger partial charge in [0.15, 0.2) is 5.78 Å². The van der Waals surface area contributed by atoms with Gasteiger partial charge in [0.1, 0.15) is 11.9 Å². The zero-order valence-electron chi connectivity index (χ0n) is 15.2. The van der Waals surface area contributed by atoms with Crippen LogP contribution in [0.25, 0.3) is 0 Å². The molecule has 6 unspecified atom stereocenters. The lowest BCUT2D eigenvalue weighted by molar-refractivity contribution is -0.143. The Labute approximate surface area is 152 Å². The molecule has 1 heterocycles. The Balaban J connectivity index is 1.74. The second kappa shape index (κ2) is 6.50. The number of hydrogen-bond donors (Lipinski definition) is 2. The molecule has 0 aromatic rings. The highest BCUT2D eigenvalue weighted by Gasteiger charge is 2.53. The maximum atomic E-state index is 12.5. The van der Waals surface area contributed by atoms with E-state index in [-0.39, 0.29) is 53.4 Å². The third kappa shape index (κ3) is 2.54. The van der Waals surface area contributed by atoms with Crippen LogP contribution in [0.2, 0.25) is 0 Å². The van der Waals surface area contributed by atoms with Gasteiger partial charge in [-0.2, -0.15) is 0 Å². The molecule has 1 aliphatic heterocycles. The van der Waals surface area contributed by atoms with Crippen molar-refractivity contribution in [3.8, 4) is 0 Å². The number of cyclic esters (lactones) is 1. The first-order chi connectivity index (χ1) is 12.4. The Morgan fingerprint density at radius 2 is 1.88 bits per heavy atom. The van der Waals surface area contributed by atoms with Crippen molar-refractivity contribution >= 4 is 11.8 Å². The third-order valence-corrected chi connectivity index (χ3v) is 6.65. The minimum absolute atomic E-state index is 0.0823. The first-order valence-electron chi connectivity index (χ1n) is 9.54. The summed E-state index contributed by atoms with van der Waals surface area (Å²) in [5, 5.41) is 21.3. The minimum Gasteiger partial charge on any atom is -0.507 e. The maximum Gasteiger partial charge on any atom is 0.310 e. The predicted molar refractivity (Wildman–Crippen MR) is 92.2 cm³/mol. The largest absolute Gasteiger partial charge is 0.507 e. The predicted octanol–water partition coefficient (Wildman–Crippen LogP) is 2.22. The lowest BCUT2D eigenvalue weighted by atomic mass is 9.70. The summed E-state index contributed by atoms with van der Waals surface area (Å²) in [5.74, 6) is -0.919. The van der Waals surface area contributed by atoms with E-state index in [1.807, 2.05) is 6.92 Å². The van der Waals surface area contributed by atoms with Gasteiger partial charge >= 0.3 is 5.97 Å². The number of ether oxygens (including phenoxy) is 2. The van der Waals surface area contributed by atoms with Crippen molar-refractivity contribution in [1.29, 1.82) is 0 Å². The first-order valence-corrected chi connectivity index (χ1v) is 9.54. The second-order valence-electron chi connectivity index (χ2n) is 8.07. The number of allylic oxidation sites excluding steroid dienone is 1. The molecule has 1 saturated carbocycles. The molecule has 26 heavy (non-hydrogen) atoms. The number of aliphatic hydroxyl groups is 2. The van der Waals surface area contributed by atoms with Crippen molar-refractivity contribution in [2.24, 2.45) is 17.8 Å². The van der Waals surface area contributed by atoms with Crippen LogP contribution in [0.4, 0.5) is 0 Å². The van der Waals surface area contributed by atoms with Gasteiger partial charge in [-0.15, -0.1) is 0 Å². The van der Waals surface area contributed by atoms with E-state index in [0.717, 1.165) is 19.3 Å². The quantitative estimate of drug-likeness (QED) is 0.732. The van der Waals surface area contributed by atoms with Gasteiger partial charge in [0.25, 0.3) is 0 Å². The van der Waals surface area contributed by atoms with Crippen LogP contribution in [-0.2, 0) is 19.1 Å². The van der Waals surface area contributed by atoms with Crippen LogP contribution in [-0.4, -0.2) is 47.4 Å². The molecule has 6 atom stereocenters. The fourth-order valence-electron chi connectivity index (χ4n) is 5.29. The summed E-state index contributed by atoms with van der Waals surface area (Å²) in [5.41, 5.74) is 1.49. The average Bonchev–Trinajstić information content (AvgIpc) is 2.96. The Kier molecular flexibility index (Phi) is 4.43. The summed E-state index contributed by atoms with van der Waals surface area (Å²) in [7, 11) is 1.64. The molecule has 0 aromatic carbocycles. The number of carbonyl (C=O) groups excluding carboxylic acids is 2. The van der Waals surface area contributed by atoms with E-state index in [1.165, 1.54) is 0 Å². The molecule has 0 amide bonds. The van der Waals surface area contributed by atoms with E-state index in [9.17, 15) is 19.8 Å². The highest BCUT2D eigenvalue weighted by atomic mass is 16.6. The molecule has 0 spiro atoms. The average molecular weight is 362 g/mol. The zero-order chi connectivity index (χ0) is 18.6. The second-order valence-corrected chi connectivity index (χ2v) is 8.07. The maximum absolute atomic E-state index is 12.5. The molecule has 0 bridgehead atoms. The Morgan fingerprint density at radius 3 is 2.62 bits per heavy atom. The Bertz CT molecular complexity index is 705. The summed E-state index contributed by atoms with van der Waals surface area (Å²) in [4.78, 5) is 24.9. The Hall–Kier alpha value is -1.66. The molecule has 2 fully saturated rings. The fourth-order valence-corrected chi connectivity index (χ4v) is 5.29. The summed E-state index contributed by atoms with van der Waals surface area (Å²) in [6.07, 6.45) is 2.43. The highest BCUT2D eigenvalue weighted by Crippen LogP contribution is 2.48. The van der Waals surface area contributed by atoms with Gasteiger partial charge < -0.3 is 19.7 Å². The van der Waals surface area contributed by atoms with Crippen molar-refractivity contribution in [3.05, 3.63) is 22.5 Å². The van der Waals surface area contributed by atoms with Crippen molar-refractivity contribution in [3.63, 3.8) is 0 Å². The van der Waals surface area contributed by atoms with E-state index in [1.54, 1.807) is 7.11 Å². The molecule has 0 radical (unpaired) electrons. The number of rotatable bonds is 2. The van der Waals surface area contributed by atoms with E-state index in [4.69, 9.17) is 9.47 Å². The van der Waals surface area contributed by atoms with E-state index < -0.39 is 12.2 Å². The molecule has 2 N–H and O–H groups in total. The van der Waals surface area contributed by atoms with Crippen molar-refractivity contribution in [2.75, 3.05) is 7.11 Å². The molecule has 4 aliphatic rings. The zero-order valence-corrected chi connectivity index (χ0v) is 15.2. The van der Waals surface area contributed by atoms with E-state index in [0.29, 0.717) is 24.0 Å².